The van der Waals surface area contributed by atoms with Crippen molar-refractivity contribution in [2.45, 2.75) is 19.9 Å². The zero-order valence-corrected chi connectivity index (χ0v) is 14.2. The van der Waals surface area contributed by atoms with Gasteiger partial charge in [-0.1, -0.05) is 12.1 Å². The van der Waals surface area contributed by atoms with Crippen LogP contribution in [0.3, 0.4) is 0 Å². The van der Waals surface area contributed by atoms with Crippen LogP contribution in [-0.4, -0.2) is 41.1 Å². The van der Waals surface area contributed by atoms with Crippen molar-refractivity contribution in [2.24, 2.45) is 0 Å². The van der Waals surface area contributed by atoms with Gasteiger partial charge < -0.3 is 14.8 Å². The second kappa shape index (κ2) is 7.02. The van der Waals surface area contributed by atoms with E-state index in [1.807, 2.05) is 0 Å². The Morgan fingerprint density at radius 3 is 2.68 bits per heavy atom. The molecule has 8 heteroatoms. The summed E-state index contributed by atoms with van der Waals surface area (Å²) in [6.45, 7) is 3.99. The predicted octanol–water partition coefficient (Wildman–Crippen LogP) is 2.20. The first-order valence-corrected chi connectivity index (χ1v) is 7.83. The van der Waals surface area contributed by atoms with E-state index in [2.05, 4.69) is 15.4 Å². The molecule has 0 amide bonds. The molecule has 0 saturated carbocycles. The summed E-state index contributed by atoms with van der Waals surface area (Å²) in [6, 6.07) is 5.41. The molecule has 0 saturated heterocycles. The van der Waals surface area contributed by atoms with Gasteiger partial charge in [-0.2, -0.15) is 10.1 Å². The van der Waals surface area contributed by atoms with Gasteiger partial charge in [-0.15, -0.1) is 0 Å². The van der Waals surface area contributed by atoms with Gasteiger partial charge in [0, 0.05) is 12.8 Å². The van der Waals surface area contributed by atoms with Gasteiger partial charge in [0.15, 0.2) is 0 Å². The van der Waals surface area contributed by atoms with Gasteiger partial charge in [-0.3, -0.25) is 0 Å². The molecule has 0 fully saturated rings. The Kier molecular flexibility index (Phi) is 4.80. The lowest BCUT2D eigenvalue weighted by molar-refractivity contribution is -0.140. The van der Waals surface area contributed by atoms with Gasteiger partial charge in [0.1, 0.15) is 24.3 Å². The van der Waals surface area contributed by atoms with Crippen molar-refractivity contribution in [1.29, 1.82) is 0 Å². The van der Waals surface area contributed by atoms with Gasteiger partial charge in [0.25, 0.3) is 0 Å². The monoisotopic (exact) mass is 346 g/mol. The molecule has 0 unspecified atom stereocenters. The Morgan fingerprint density at radius 1 is 1.28 bits per heavy atom. The minimum Gasteiger partial charge on any atom is -0.460 e. The van der Waals surface area contributed by atoms with Crippen molar-refractivity contribution in [1.82, 2.24) is 14.8 Å². The molecule has 25 heavy (non-hydrogen) atoms. The largest absolute Gasteiger partial charge is 0.460 e. The first-order valence-electron chi connectivity index (χ1n) is 7.83. The molecular formula is C17H19FN4O3. The van der Waals surface area contributed by atoms with Crippen LogP contribution in [0.2, 0.25) is 0 Å². The number of aryl methyl sites for hydroxylation is 1. The molecule has 7 nitrogen and oxygen atoms in total. The molecule has 2 aromatic rings. The lowest BCUT2D eigenvalue weighted by atomic mass is 9.96. The summed E-state index contributed by atoms with van der Waals surface area (Å²) in [7, 11) is 1.53. The second-order valence-electron chi connectivity index (χ2n) is 5.67. The number of hydrogen-bond donors (Lipinski definition) is 1. The second-order valence-corrected chi connectivity index (χ2v) is 5.67. The van der Waals surface area contributed by atoms with Crippen molar-refractivity contribution < 1.29 is 18.7 Å². The maximum Gasteiger partial charge on any atom is 0.338 e. The molecular weight excluding hydrogens is 327 g/mol. The highest BCUT2D eigenvalue weighted by atomic mass is 19.1. The molecule has 0 bridgehead atoms. The van der Waals surface area contributed by atoms with Crippen LogP contribution in [0.1, 0.15) is 24.4 Å². The zero-order chi connectivity index (χ0) is 18.0. The van der Waals surface area contributed by atoms with E-state index >= 15 is 0 Å². The number of allylic oxidation sites excluding steroid dienone is 1. The molecule has 0 aliphatic carbocycles. The number of rotatable bonds is 5. The van der Waals surface area contributed by atoms with E-state index in [0.717, 1.165) is 0 Å². The summed E-state index contributed by atoms with van der Waals surface area (Å²) in [5, 5.41) is 7.45. The molecule has 0 radical (unpaired) electrons. The van der Waals surface area contributed by atoms with E-state index in [4.69, 9.17) is 9.47 Å². The Morgan fingerprint density at radius 2 is 2.00 bits per heavy atom. The molecule has 2 heterocycles. The molecule has 3 rings (SSSR count). The van der Waals surface area contributed by atoms with Crippen LogP contribution in [-0.2, 0) is 14.3 Å². The summed E-state index contributed by atoms with van der Waals surface area (Å²) in [6.07, 6.45) is 0. The zero-order valence-electron chi connectivity index (χ0n) is 14.2. The highest BCUT2D eigenvalue weighted by molar-refractivity contribution is 5.92. The smallest absolute Gasteiger partial charge is 0.338 e. The van der Waals surface area contributed by atoms with E-state index in [9.17, 15) is 9.18 Å². The van der Waals surface area contributed by atoms with Crippen LogP contribution >= 0.6 is 0 Å². The van der Waals surface area contributed by atoms with Crippen molar-refractivity contribution >= 4 is 11.9 Å². The van der Waals surface area contributed by atoms with Crippen LogP contribution in [0.25, 0.3) is 0 Å². The van der Waals surface area contributed by atoms with Crippen LogP contribution in [0, 0.1) is 12.7 Å². The average Bonchev–Trinajstić information content (AvgIpc) is 2.94. The highest BCUT2D eigenvalue weighted by Gasteiger charge is 2.34. The summed E-state index contributed by atoms with van der Waals surface area (Å²) < 4.78 is 25.1. The lowest BCUT2D eigenvalue weighted by Gasteiger charge is -2.28. The lowest BCUT2D eigenvalue weighted by Crippen LogP contribution is -2.30. The number of hydrogen-bond acceptors (Lipinski definition) is 6. The number of fused-ring (bicyclic) bond motifs is 1. The van der Waals surface area contributed by atoms with Crippen molar-refractivity contribution in [3.05, 3.63) is 52.7 Å². The van der Waals surface area contributed by atoms with Crippen molar-refractivity contribution in [2.75, 3.05) is 25.6 Å². The quantitative estimate of drug-likeness (QED) is 0.661. The van der Waals surface area contributed by atoms with Crippen LogP contribution in [0.15, 0.2) is 35.5 Å². The Bertz CT molecular complexity index is 814. The van der Waals surface area contributed by atoms with Gasteiger partial charge in [-0.25, -0.2) is 13.9 Å². The molecule has 1 atom stereocenters. The summed E-state index contributed by atoms with van der Waals surface area (Å²) in [4.78, 5) is 17.0. The molecule has 1 aliphatic rings. The number of nitrogens with one attached hydrogen (secondary N) is 1. The highest BCUT2D eigenvalue weighted by Crippen LogP contribution is 2.35. The molecule has 1 aliphatic heterocycles. The number of ether oxygens (including phenoxy) is 2. The van der Waals surface area contributed by atoms with E-state index < -0.39 is 12.0 Å². The summed E-state index contributed by atoms with van der Waals surface area (Å²) in [5.74, 6) is 0.266. The maximum absolute atomic E-state index is 13.3. The summed E-state index contributed by atoms with van der Waals surface area (Å²) >= 11 is 0. The SMILES string of the molecule is COCCOC(=O)C1=C(C)Nc2nc(C)nn2[C@H]1c1ccc(F)cc1. The average molecular weight is 346 g/mol. The Hall–Kier alpha value is -2.74. The van der Waals surface area contributed by atoms with Crippen molar-refractivity contribution in [3.63, 3.8) is 0 Å². The predicted molar refractivity (Wildman–Crippen MR) is 88.5 cm³/mol. The fraction of sp³-hybridized carbons (Fsp3) is 0.353. The van der Waals surface area contributed by atoms with E-state index in [-0.39, 0.29) is 12.4 Å². The fourth-order valence-corrected chi connectivity index (χ4v) is 2.77. The van der Waals surface area contributed by atoms with E-state index in [1.165, 1.54) is 19.2 Å². The van der Waals surface area contributed by atoms with E-state index in [0.29, 0.717) is 35.2 Å². The summed E-state index contributed by atoms with van der Waals surface area (Å²) in [5.41, 5.74) is 1.74. The van der Waals surface area contributed by atoms with Crippen molar-refractivity contribution in [3.8, 4) is 0 Å². The Labute approximate surface area is 144 Å². The van der Waals surface area contributed by atoms with E-state index in [1.54, 1.807) is 30.7 Å². The maximum atomic E-state index is 13.3. The number of halogens is 1. The number of esters is 1. The van der Waals surface area contributed by atoms with Crippen LogP contribution < -0.4 is 5.32 Å². The normalized spacial score (nSPS) is 16.4. The number of benzene rings is 1. The minimum atomic E-state index is -0.548. The number of nitrogens with zero attached hydrogens (tertiary/aromatic N) is 3. The first-order chi connectivity index (χ1) is 12.0. The standard InChI is InChI=1S/C17H19FN4O3/c1-10-14(16(23)25-9-8-24-3)15(12-4-6-13(18)7-5-12)22-17(19-10)20-11(2)21-22/h4-7,15H,8-9H2,1-3H3,(H,19,20,21)/t15-/m0/s1. The Balaban J connectivity index is 2.03. The number of aromatic nitrogens is 3. The number of carbonyl (C=O) groups excluding carboxylic acids is 1. The fourth-order valence-electron chi connectivity index (χ4n) is 2.77. The van der Waals surface area contributed by atoms with Gasteiger partial charge in [0.05, 0.1) is 12.2 Å². The minimum absolute atomic E-state index is 0.144. The molecule has 132 valence electrons. The van der Waals surface area contributed by atoms with Gasteiger partial charge in [0.2, 0.25) is 5.95 Å². The molecule has 1 N–H and O–H groups in total. The molecule has 1 aromatic heterocycles. The number of anilines is 1. The van der Waals surface area contributed by atoms with Crippen LogP contribution in [0.5, 0.6) is 0 Å². The third-order valence-electron chi connectivity index (χ3n) is 3.88. The van der Waals surface area contributed by atoms with Crippen LogP contribution in [0.4, 0.5) is 10.3 Å². The third-order valence-corrected chi connectivity index (χ3v) is 3.88. The van der Waals surface area contributed by atoms with Gasteiger partial charge >= 0.3 is 5.97 Å². The molecule has 0 spiro atoms. The number of carbonyl (C=O) groups is 1. The van der Waals surface area contributed by atoms with Gasteiger partial charge in [-0.05, 0) is 31.5 Å². The topological polar surface area (TPSA) is 78.3 Å². The molecule has 1 aromatic carbocycles. The number of methoxy groups -OCH3 is 1. The first kappa shape index (κ1) is 17.1. The third kappa shape index (κ3) is 3.39.